The second kappa shape index (κ2) is 9.00. The van der Waals surface area contributed by atoms with Gasteiger partial charge in [-0.3, -0.25) is 19.2 Å². The van der Waals surface area contributed by atoms with Crippen LogP contribution in [0.25, 0.3) is 0 Å². The number of hydrogen-bond donors (Lipinski definition) is 0. The molecule has 4 rings (SSSR count). The summed E-state index contributed by atoms with van der Waals surface area (Å²) in [6, 6.07) is 12.8. The van der Waals surface area contributed by atoms with E-state index in [2.05, 4.69) is 15.9 Å². The third-order valence-corrected chi connectivity index (χ3v) is 6.66. The highest BCUT2D eigenvalue weighted by molar-refractivity contribution is 9.10. The minimum absolute atomic E-state index is 0.134. The normalized spacial score (nSPS) is 22.1. The summed E-state index contributed by atoms with van der Waals surface area (Å²) in [6.07, 6.45) is 4.23. The van der Waals surface area contributed by atoms with Crippen LogP contribution in [0.5, 0.6) is 0 Å². The zero-order valence-electron chi connectivity index (χ0n) is 17.2. The van der Waals surface area contributed by atoms with Crippen molar-refractivity contribution in [3.63, 3.8) is 0 Å². The number of imide groups is 1. The molecule has 1 fully saturated rings. The molecule has 32 heavy (non-hydrogen) atoms. The van der Waals surface area contributed by atoms with Crippen molar-refractivity contribution in [2.75, 3.05) is 6.54 Å². The Bertz CT molecular complexity index is 1110. The molecule has 0 spiro atoms. The standard InChI is InChI=1S/C24H20BrClN2O4/c1-14-3-2-4-19-21(14)24(32)28(23(19)31)27(22(30)16-7-11-18(26)12-8-16)13-20(29)15-5-9-17(25)10-6-15/h2-3,5-12,14,19,21H,4,13H2,1H3/t14-,19-,21+/m1/s1. The monoisotopic (exact) mass is 514 g/mol. The molecule has 0 N–H and O–H groups in total. The number of Topliss-reactive ketones (excluding diaryl/α,β-unsaturated/α-hetero) is 1. The number of carbonyl (C=O) groups excluding carboxylic acids is 4. The Labute approximate surface area is 198 Å². The Hall–Kier alpha value is -2.77. The Morgan fingerprint density at radius 3 is 2.28 bits per heavy atom. The summed E-state index contributed by atoms with van der Waals surface area (Å²) in [5.74, 6) is -3.13. The topological polar surface area (TPSA) is 74.8 Å². The van der Waals surface area contributed by atoms with Crippen LogP contribution in [0.3, 0.4) is 0 Å². The van der Waals surface area contributed by atoms with Gasteiger partial charge in [-0.15, -0.1) is 0 Å². The first-order chi connectivity index (χ1) is 15.3. The molecule has 0 unspecified atom stereocenters. The summed E-state index contributed by atoms with van der Waals surface area (Å²) >= 11 is 9.26. The van der Waals surface area contributed by atoms with Crippen molar-refractivity contribution >= 4 is 51.0 Å². The minimum atomic E-state index is -0.618. The molecule has 1 aliphatic carbocycles. The number of rotatable bonds is 5. The number of benzene rings is 2. The highest BCUT2D eigenvalue weighted by atomic mass is 79.9. The highest BCUT2D eigenvalue weighted by Crippen LogP contribution is 2.39. The predicted molar refractivity (Wildman–Crippen MR) is 123 cm³/mol. The molecule has 1 aliphatic heterocycles. The Morgan fingerprint density at radius 1 is 1.03 bits per heavy atom. The average Bonchev–Trinajstić information content (AvgIpc) is 3.03. The van der Waals surface area contributed by atoms with Crippen molar-refractivity contribution in [1.82, 2.24) is 10.0 Å². The highest BCUT2D eigenvalue weighted by Gasteiger charge is 2.53. The van der Waals surface area contributed by atoms with Crippen molar-refractivity contribution in [2.24, 2.45) is 17.8 Å². The molecular weight excluding hydrogens is 496 g/mol. The van der Waals surface area contributed by atoms with E-state index in [1.807, 2.05) is 19.1 Å². The fourth-order valence-corrected chi connectivity index (χ4v) is 4.60. The second-order valence-electron chi connectivity index (χ2n) is 7.94. The SMILES string of the molecule is C[C@@H]1C=CC[C@H]2C(=O)N(N(CC(=O)c3ccc(Br)cc3)C(=O)c3ccc(Cl)cc3)C(=O)[C@@H]12. The van der Waals surface area contributed by atoms with Crippen LogP contribution >= 0.6 is 27.5 Å². The summed E-state index contributed by atoms with van der Waals surface area (Å²) in [4.78, 5) is 52.9. The van der Waals surface area contributed by atoms with Crippen LogP contribution in [0.4, 0.5) is 0 Å². The van der Waals surface area contributed by atoms with E-state index in [0.717, 1.165) is 14.5 Å². The van der Waals surface area contributed by atoms with Crippen LogP contribution < -0.4 is 0 Å². The van der Waals surface area contributed by atoms with E-state index in [1.54, 1.807) is 36.4 Å². The first-order valence-electron chi connectivity index (χ1n) is 10.2. The molecule has 164 valence electrons. The molecule has 0 bridgehead atoms. The second-order valence-corrected chi connectivity index (χ2v) is 9.30. The number of allylic oxidation sites excluding steroid dienone is 2. The Kier molecular flexibility index (Phi) is 6.31. The number of fused-ring (bicyclic) bond motifs is 1. The lowest BCUT2D eigenvalue weighted by Gasteiger charge is -2.30. The van der Waals surface area contributed by atoms with Crippen LogP contribution in [0.2, 0.25) is 5.02 Å². The molecule has 0 saturated carbocycles. The van der Waals surface area contributed by atoms with Crippen molar-refractivity contribution in [3.8, 4) is 0 Å². The van der Waals surface area contributed by atoms with E-state index >= 15 is 0 Å². The van der Waals surface area contributed by atoms with Gasteiger partial charge in [-0.2, -0.15) is 5.01 Å². The third kappa shape index (κ3) is 4.14. The molecule has 0 radical (unpaired) electrons. The van der Waals surface area contributed by atoms with Crippen LogP contribution in [-0.4, -0.2) is 40.1 Å². The summed E-state index contributed by atoms with van der Waals surface area (Å²) in [7, 11) is 0. The fourth-order valence-electron chi connectivity index (χ4n) is 4.21. The van der Waals surface area contributed by atoms with Crippen LogP contribution in [0.1, 0.15) is 34.1 Å². The molecular formula is C24H20BrClN2O4. The van der Waals surface area contributed by atoms with Crippen LogP contribution in [-0.2, 0) is 9.59 Å². The predicted octanol–water partition coefficient (Wildman–Crippen LogP) is 4.54. The molecule has 3 atom stereocenters. The largest absolute Gasteiger partial charge is 0.292 e. The molecule has 1 saturated heterocycles. The van der Waals surface area contributed by atoms with E-state index in [9.17, 15) is 19.2 Å². The minimum Gasteiger partial charge on any atom is -0.292 e. The zero-order valence-corrected chi connectivity index (χ0v) is 19.5. The maximum Gasteiger partial charge on any atom is 0.273 e. The number of halogens is 2. The van der Waals surface area contributed by atoms with Gasteiger partial charge in [-0.25, -0.2) is 5.01 Å². The maximum absolute atomic E-state index is 13.4. The Balaban J connectivity index is 1.70. The van der Waals surface area contributed by atoms with E-state index < -0.39 is 36.1 Å². The van der Waals surface area contributed by atoms with Gasteiger partial charge in [0.15, 0.2) is 5.78 Å². The van der Waals surface area contributed by atoms with Gasteiger partial charge in [0.1, 0.15) is 6.54 Å². The number of hydrazine groups is 1. The zero-order chi connectivity index (χ0) is 23.0. The van der Waals surface area contributed by atoms with Gasteiger partial charge in [0.2, 0.25) is 0 Å². The smallest absolute Gasteiger partial charge is 0.273 e. The van der Waals surface area contributed by atoms with E-state index in [-0.39, 0.29) is 17.3 Å². The van der Waals surface area contributed by atoms with E-state index in [1.165, 1.54) is 12.1 Å². The fraction of sp³-hybridized carbons (Fsp3) is 0.250. The molecule has 0 aromatic heterocycles. The van der Waals surface area contributed by atoms with Gasteiger partial charge in [0.25, 0.3) is 17.7 Å². The van der Waals surface area contributed by atoms with Crippen molar-refractivity contribution in [1.29, 1.82) is 0 Å². The first kappa shape index (κ1) is 22.4. The Morgan fingerprint density at radius 2 is 1.66 bits per heavy atom. The number of carbonyl (C=O) groups is 4. The van der Waals surface area contributed by atoms with Crippen LogP contribution in [0.15, 0.2) is 65.2 Å². The summed E-state index contributed by atoms with van der Waals surface area (Å²) in [6.45, 7) is 1.43. The van der Waals surface area contributed by atoms with Crippen molar-refractivity contribution in [3.05, 3.63) is 81.3 Å². The maximum atomic E-state index is 13.4. The van der Waals surface area contributed by atoms with Gasteiger partial charge in [-0.05, 0) is 48.7 Å². The number of ketones is 1. The lowest BCUT2D eigenvalue weighted by molar-refractivity contribution is -0.154. The van der Waals surface area contributed by atoms with E-state index in [0.29, 0.717) is 17.0 Å². The number of hydrogen-bond acceptors (Lipinski definition) is 4. The average molecular weight is 516 g/mol. The van der Waals surface area contributed by atoms with Gasteiger partial charge in [0.05, 0.1) is 11.8 Å². The van der Waals surface area contributed by atoms with Crippen LogP contribution in [0, 0.1) is 17.8 Å². The molecule has 1 heterocycles. The molecule has 2 aromatic rings. The van der Waals surface area contributed by atoms with Gasteiger partial charge < -0.3 is 0 Å². The summed E-state index contributed by atoms with van der Waals surface area (Å²) < 4.78 is 0.804. The third-order valence-electron chi connectivity index (χ3n) is 5.88. The molecule has 8 heteroatoms. The molecule has 2 aliphatic rings. The lowest BCUT2D eigenvalue weighted by Crippen LogP contribution is -2.52. The molecule has 2 aromatic carbocycles. The summed E-state index contributed by atoms with van der Waals surface area (Å²) in [5, 5.41) is 2.30. The van der Waals surface area contributed by atoms with Gasteiger partial charge in [0, 0.05) is 20.6 Å². The van der Waals surface area contributed by atoms with Gasteiger partial charge in [-0.1, -0.05) is 58.7 Å². The van der Waals surface area contributed by atoms with Crippen molar-refractivity contribution in [2.45, 2.75) is 13.3 Å². The number of amides is 3. The van der Waals surface area contributed by atoms with Crippen molar-refractivity contribution < 1.29 is 19.2 Å². The first-order valence-corrected chi connectivity index (χ1v) is 11.4. The summed E-state index contributed by atoms with van der Waals surface area (Å²) in [5.41, 5.74) is 0.591. The van der Waals surface area contributed by atoms with E-state index in [4.69, 9.17) is 11.6 Å². The molecule has 6 nitrogen and oxygen atoms in total. The lowest BCUT2D eigenvalue weighted by atomic mass is 9.78. The van der Waals surface area contributed by atoms with Gasteiger partial charge >= 0.3 is 0 Å². The number of nitrogens with zero attached hydrogens (tertiary/aromatic N) is 2. The molecule has 3 amide bonds. The quantitative estimate of drug-likeness (QED) is 0.333.